The van der Waals surface area contributed by atoms with Gasteiger partial charge >= 0.3 is 0 Å². The maximum atomic E-state index is 5.38. The monoisotopic (exact) mass is 188 g/mol. The second kappa shape index (κ2) is 5.41. The van der Waals surface area contributed by atoms with Crippen LogP contribution < -0.4 is 5.32 Å². The van der Waals surface area contributed by atoms with Crippen LogP contribution in [0, 0.1) is 12.3 Å². The zero-order valence-electron chi connectivity index (χ0n) is 8.70. The van der Waals surface area contributed by atoms with Crippen molar-refractivity contribution in [1.29, 1.82) is 0 Å². The maximum absolute atomic E-state index is 5.38. The van der Waals surface area contributed by atoms with Crippen molar-refractivity contribution >= 4 is 0 Å². The number of rotatable bonds is 4. The number of nitrogens with zero attached hydrogens (tertiary/aromatic N) is 1. The molecule has 0 aliphatic heterocycles. The van der Waals surface area contributed by atoms with Crippen LogP contribution in [0.3, 0.4) is 0 Å². The highest BCUT2D eigenvalue weighted by Crippen LogP contribution is 2.11. The summed E-state index contributed by atoms with van der Waals surface area (Å²) in [5.74, 6) is 2.72. The van der Waals surface area contributed by atoms with Gasteiger partial charge in [-0.05, 0) is 25.0 Å². The lowest BCUT2D eigenvalue weighted by Gasteiger charge is -2.17. The summed E-state index contributed by atoms with van der Waals surface area (Å²) < 4.78 is 0. The van der Waals surface area contributed by atoms with Gasteiger partial charge in [-0.1, -0.05) is 18.9 Å². The first-order chi connectivity index (χ1) is 6.77. The molecule has 0 spiro atoms. The lowest BCUT2D eigenvalue weighted by molar-refractivity contribution is 0.511. The van der Waals surface area contributed by atoms with E-state index in [9.17, 15) is 0 Å². The third kappa shape index (κ3) is 2.86. The normalized spacial score (nSPS) is 14.4. The summed E-state index contributed by atoms with van der Waals surface area (Å²) in [6, 6.07) is 4.38. The van der Waals surface area contributed by atoms with Crippen molar-refractivity contribution in [2.24, 2.45) is 0 Å². The summed E-state index contributed by atoms with van der Waals surface area (Å²) in [5.41, 5.74) is 1.17. The first kappa shape index (κ1) is 10.7. The Morgan fingerprint density at radius 3 is 2.93 bits per heavy atom. The lowest BCUT2D eigenvalue weighted by Crippen LogP contribution is -2.29. The second-order valence-electron chi connectivity index (χ2n) is 3.30. The molecule has 0 saturated heterocycles. The van der Waals surface area contributed by atoms with E-state index in [1.165, 1.54) is 5.56 Å². The fourth-order valence-corrected chi connectivity index (χ4v) is 1.31. The van der Waals surface area contributed by atoms with E-state index >= 15 is 0 Å². The Morgan fingerprint density at radius 2 is 2.43 bits per heavy atom. The minimum Gasteiger partial charge on any atom is -0.297 e. The number of pyridine rings is 1. The lowest BCUT2D eigenvalue weighted by atomic mass is 10.1. The van der Waals surface area contributed by atoms with Gasteiger partial charge in [0.25, 0.3) is 0 Å². The summed E-state index contributed by atoms with van der Waals surface area (Å²) in [6.07, 6.45) is 9.96. The Kier molecular flexibility index (Phi) is 4.15. The van der Waals surface area contributed by atoms with E-state index in [1.807, 2.05) is 18.3 Å². The summed E-state index contributed by atoms with van der Waals surface area (Å²) in [4.78, 5) is 4.07. The molecule has 0 amide bonds. The fraction of sp³-hybridized carbons (Fsp3) is 0.417. The number of hydrogen-bond acceptors (Lipinski definition) is 2. The SMILES string of the molecule is C#CC(CC)N[C@@H](C)c1cccnc1. The Balaban J connectivity index is 2.59. The van der Waals surface area contributed by atoms with Gasteiger partial charge in [-0.3, -0.25) is 10.3 Å². The summed E-state index contributed by atoms with van der Waals surface area (Å²) in [7, 11) is 0. The molecule has 0 bridgehead atoms. The van der Waals surface area contributed by atoms with Crippen molar-refractivity contribution in [1.82, 2.24) is 10.3 Å². The molecule has 74 valence electrons. The zero-order chi connectivity index (χ0) is 10.4. The Morgan fingerprint density at radius 1 is 1.64 bits per heavy atom. The van der Waals surface area contributed by atoms with Gasteiger partial charge in [0.1, 0.15) is 0 Å². The molecule has 0 aromatic carbocycles. The first-order valence-corrected chi connectivity index (χ1v) is 4.90. The molecular formula is C12H16N2. The molecule has 0 fully saturated rings. The molecule has 0 aliphatic carbocycles. The highest BCUT2D eigenvalue weighted by Gasteiger charge is 2.08. The summed E-state index contributed by atoms with van der Waals surface area (Å²) in [6.45, 7) is 4.17. The summed E-state index contributed by atoms with van der Waals surface area (Å²) in [5, 5.41) is 3.36. The third-order valence-electron chi connectivity index (χ3n) is 2.25. The quantitative estimate of drug-likeness (QED) is 0.732. The predicted octanol–water partition coefficient (Wildman–Crippen LogP) is 2.14. The molecule has 2 nitrogen and oxygen atoms in total. The average molecular weight is 188 g/mol. The smallest absolute Gasteiger partial charge is 0.0688 e. The van der Waals surface area contributed by atoms with Crippen molar-refractivity contribution < 1.29 is 0 Å². The van der Waals surface area contributed by atoms with Gasteiger partial charge in [0, 0.05) is 18.4 Å². The molecule has 2 atom stereocenters. The van der Waals surface area contributed by atoms with Crippen molar-refractivity contribution in [2.45, 2.75) is 32.4 Å². The van der Waals surface area contributed by atoms with Crippen LogP contribution in [-0.4, -0.2) is 11.0 Å². The maximum Gasteiger partial charge on any atom is 0.0688 e. The zero-order valence-corrected chi connectivity index (χ0v) is 8.70. The van der Waals surface area contributed by atoms with Gasteiger partial charge in [0.05, 0.1) is 6.04 Å². The van der Waals surface area contributed by atoms with E-state index in [1.54, 1.807) is 6.20 Å². The third-order valence-corrected chi connectivity index (χ3v) is 2.25. The molecule has 1 unspecified atom stereocenters. The standard InChI is InChI=1S/C12H16N2/c1-4-12(5-2)14-10(3)11-7-6-8-13-9-11/h1,6-10,12,14H,5H2,2-3H3/t10-,12?/m0/s1. The van der Waals surface area contributed by atoms with Crippen molar-refractivity contribution in [3.05, 3.63) is 30.1 Å². The van der Waals surface area contributed by atoms with Crippen LogP contribution in [0.2, 0.25) is 0 Å². The minimum absolute atomic E-state index is 0.144. The summed E-state index contributed by atoms with van der Waals surface area (Å²) >= 11 is 0. The molecule has 0 aliphatic rings. The van der Waals surface area contributed by atoms with E-state index < -0.39 is 0 Å². The predicted molar refractivity (Wildman–Crippen MR) is 58.7 cm³/mol. The van der Waals surface area contributed by atoms with Crippen molar-refractivity contribution in [2.75, 3.05) is 0 Å². The number of terminal acetylenes is 1. The van der Waals surface area contributed by atoms with E-state index in [-0.39, 0.29) is 12.1 Å². The molecular weight excluding hydrogens is 172 g/mol. The second-order valence-corrected chi connectivity index (χ2v) is 3.30. The van der Waals surface area contributed by atoms with Gasteiger partial charge in [-0.15, -0.1) is 6.42 Å². The first-order valence-electron chi connectivity index (χ1n) is 4.90. The van der Waals surface area contributed by atoms with Gasteiger partial charge < -0.3 is 0 Å². The molecule has 1 heterocycles. The Bertz CT molecular complexity index is 300. The van der Waals surface area contributed by atoms with Crippen LogP contribution >= 0.6 is 0 Å². The molecule has 1 aromatic heterocycles. The highest BCUT2D eigenvalue weighted by atomic mass is 14.9. The number of nitrogens with one attached hydrogen (secondary N) is 1. The number of hydrogen-bond donors (Lipinski definition) is 1. The molecule has 0 saturated carbocycles. The largest absolute Gasteiger partial charge is 0.297 e. The Hall–Kier alpha value is -1.33. The van der Waals surface area contributed by atoms with Crippen LogP contribution in [0.5, 0.6) is 0 Å². The highest BCUT2D eigenvalue weighted by molar-refractivity contribution is 5.14. The topological polar surface area (TPSA) is 24.9 Å². The van der Waals surface area contributed by atoms with Gasteiger partial charge in [-0.25, -0.2) is 0 Å². The molecule has 1 N–H and O–H groups in total. The van der Waals surface area contributed by atoms with E-state index in [4.69, 9.17) is 6.42 Å². The van der Waals surface area contributed by atoms with Crippen LogP contribution in [-0.2, 0) is 0 Å². The van der Waals surface area contributed by atoms with Gasteiger partial charge in [-0.2, -0.15) is 0 Å². The minimum atomic E-state index is 0.144. The number of aromatic nitrogens is 1. The van der Waals surface area contributed by atoms with Gasteiger partial charge in [0.2, 0.25) is 0 Å². The Labute approximate surface area is 85.8 Å². The van der Waals surface area contributed by atoms with E-state index in [0.29, 0.717) is 0 Å². The molecule has 2 heteroatoms. The molecule has 14 heavy (non-hydrogen) atoms. The van der Waals surface area contributed by atoms with Gasteiger partial charge in [0.15, 0.2) is 0 Å². The van der Waals surface area contributed by atoms with Crippen LogP contribution in [0.1, 0.15) is 31.9 Å². The van der Waals surface area contributed by atoms with Crippen molar-refractivity contribution in [3.63, 3.8) is 0 Å². The van der Waals surface area contributed by atoms with Crippen LogP contribution in [0.25, 0.3) is 0 Å². The van der Waals surface area contributed by atoms with Crippen molar-refractivity contribution in [3.8, 4) is 12.3 Å². The van der Waals surface area contributed by atoms with E-state index in [0.717, 1.165) is 6.42 Å². The van der Waals surface area contributed by atoms with Crippen LogP contribution in [0.4, 0.5) is 0 Å². The fourth-order valence-electron chi connectivity index (χ4n) is 1.31. The van der Waals surface area contributed by atoms with E-state index in [2.05, 4.69) is 30.1 Å². The molecule has 1 rings (SSSR count). The molecule has 1 aromatic rings. The average Bonchev–Trinajstić information content (AvgIpc) is 2.26. The molecule has 0 radical (unpaired) electrons. The van der Waals surface area contributed by atoms with Crippen LogP contribution in [0.15, 0.2) is 24.5 Å².